The van der Waals surface area contributed by atoms with Gasteiger partial charge in [0.25, 0.3) is 0 Å². The first-order valence-corrected chi connectivity index (χ1v) is 8.35. The first-order chi connectivity index (χ1) is 10.1. The molecule has 0 aliphatic carbocycles. The molecule has 0 bridgehead atoms. The summed E-state index contributed by atoms with van der Waals surface area (Å²) in [7, 11) is 0. The number of ether oxygens (including phenoxy) is 1. The molecule has 0 radical (unpaired) electrons. The molecule has 3 nitrogen and oxygen atoms in total. The van der Waals surface area contributed by atoms with Crippen LogP contribution in [0.5, 0.6) is 0 Å². The number of hydrogen-bond donors (Lipinski definition) is 1. The molecule has 114 valence electrons. The molecule has 0 amide bonds. The van der Waals surface area contributed by atoms with Crippen molar-refractivity contribution in [3.63, 3.8) is 0 Å². The second-order valence-electron chi connectivity index (χ2n) is 6.16. The van der Waals surface area contributed by atoms with E-state index < -0.39 is 0 Å². The summed E-state index contributed by atoms with van der Waals surface area (Å²) in [5.41, 5.74) is 3.70. The van der Waals surface area contributed by atoms with Crippen LogP contribution in [0.2, 0.25) is 0 Å². The predicted octanol–water partition coefficient (Wildman–Crippen LogP) is 4.92. The molecule has 2 heterocycles. The maximum Gasteiger partial charge on any atom is 0.178 e. The fourth-order valence-corrected chi connectivity index (χ4v) is 4.02. The van der Waals surface area contributed by atoms with Crippen LogP contribution in [-0.4, -0.2) is 21.8 Å². The molecule has 0 spiro atoms. The summed E-state index contributed by atoms with van der Waals surface area (Å²) in [6, 6.07) is 6.79. The lowest BCUT2D eigenvalue weighted by atomic mass is 9.85. The Kier molecular flexibility index (Phi) is 3.93. The zero-order valence-corrected chi connectivity index (χ0v) is 13.9. The van der Waals surface area contributed by atoms with E-state index in [2.05, 4.69) is 48.5 Å². The van der Waals surface area contributed by atoms with E-state index in [0.29, 0.717) is 6.04 Å². The topological polar surface area (TPSA) is 29.9 Å². The highest BCUT2D eigenvalue weighted by molar-refractivity contribution is 7.71. The number of aromatic amines is 1. The van der Waals surface area contributed by atoms with E-state index in [0.717, 1.165) is 42.6 Å². The minimum Gasteiger partial charge on any atom is -0.375 e. The van der Waals surface area contributed by atoms with Crippen LogP contribution in [0.15, 0.2) is 18.2 Å². The number of H-pyrrole nitrogens is 1. The van der Waals surface area contributed by atoms with E-state index >= 15 is 0 Å². The SMILES string of the molecule is CCC1(CC)CC(n2c(=S)[nH]c3cccc(C)c32)CCO1. The molecule has 4 heteroatoms. The number of imidazole rings is 1. The lowest BCUT2D eigenvalue weighted by Gasteiger charge is -2.40. The van der Waals surface area contributed by atoms with E-state index in [4.69, 9.17) is 17.0 Å². The number of nitrogens with one attached hydrogen (secondary N) is 1. The van der Waals surface area contributed by atoms with E-state index in [1.807, 2.05) is 0 Å². The molecular weight excluding hydrogens is 280 g/mol. The van der Waals surface area contributed by atoms with Crippen molar-refractivity contribution in [2.24, 2.45) is 0 Å². The van der Waals surface area contributed by atoms with Gasteiger partial charge in [-0.25, -0.2) is 0 Å². The van der Waals surface area contributed by atoms with Gasteiger partial charge in [0, 0.05) is 12.6 Å². The lowest BCUT2D eigenvalue weighted by Crippen LogP contribution is -2.39. The van der Waals surface area contributed by atoms with Crippen molar-refractivity contribution in [1.29, 1.82) is 0 Å². The van der Waals surface area contributed by atoms with Gasteiger partial charge in [0.1, 0.15) is 0 Å². The summed E-state index contributed by atoms with van der Waals surface area (Å²) in [5, 5.41) is 0. The Morgan fingerprint density at radius 2 is 2.14 bits per heavy atom. The van der Waals surface area contributed by atoms with Crippen LogP contribution < -0.4 is 0 Å². The van der Waals surface area contributed by atoms with Gasteiger partial charge in [0.2, 0.25) is 0 Å². The van der Waals surface area contributed by atoms with Gasteiger partial charge in [0.05, 0.1) is 16.6 Å². The van der Waals surface area contributed by atoms with Crippen molar-refractivity contribution in [1.82, 2.24) is 9.55 Å². The summed E-state index contributed by atoms with van der Waals surface area (Å²) < 4.78 is 9.29. The second kappa shape index (κ2) is 5.58. The molecule has 1 fully saturated rings. The number of benzene rings is 1. The van der Waals surface area contributed by atoms with Gasteiger partial charge in [0.15, 0.2) is 4.77 Å². The maximum absolute atomic E-state index is 6.12. The number of fused-ring (bicyclic) bond motifs is 1. The average Bonchev–Trinajstić information content (AvgIpc) is 2.84. The summed E-state index contributed by atoms with van der Waals surface area (Å²) >= 11 is 5.61. The van der Waals surface area contributed by atoms with Crippen LogP contribution >= 0.6 is 12.2 Å². The minimum absolute atomic E-state index is 0.0178. The van der Waals surface area contributed by atoms with Crippen LogP contribution in [0.1, 0.15) is 51.1 Å². The zero-order valence-electron chi connectivity index (χ0n) is 13.1. The minimum atomic E-state index is 0.0178. The predicted molar refractivity (Wildman–Crippen MR) is 89.4 cm³/mol. The molecule has 1 unspecified atom stereocenters. The van der Waals surface area contributed by atoms with Gasteiger partial charge in [-0.05, 0) is 56.5 Å². The summed E-state index contributed by atoms with van der Waals surface area (Å²) in [4.78, 5) is 3.37. The highest BCUT2D eigenvalue weighted by atomic mass is 32.1. The zero-order chi connectivity index (χ0) is 15.0. The van der Waals surface area contributed by atoms with Gasteiger partial charge in [-0.1, -0.05) is 26.0 Å². The standard InChI is InChI=1S/C17H24N2OS/c1-4-17(5-2)11-13(9-10-20-17)19-15-12(3)7-6-8-14(15)18-16(19)21/h6-8,13H,4-5,9-11H2,1-3H3,(H,18,21). The molecule has 1 N–H and O–H groups in total. The number of para-hydroxylation sites is 1. The number of rotatable bonds is 3. The Morgan fingerprint density at radius 3 is 2.86 bits per heavy atom. The fourth-order valence-electron chi connectivity index (χ4n) is 3.67. The highest BCUT2D eigenvalue weighted by Crippen LogP contribution is 2.39. The van der Waals surface area contributed by atoms with E-state index in [1.54, 1.807) is 0 Å². The van der Waals surface area contributed by atoms with Crippen molar-refractivity contribution in [2.45, 2.75) is 58.1 Å². The third-order valence-corrected chi connectivity index (χ3v) is 5.36. The number of nitrogens with zero attached hydrogens (tertiary/aromatic N) is 1. The van der Waals surface area contributed by atoms with Crippen molar-refractivity contribution in [3.05, 3.63) is 28.5 Å². The Bertz CT molecular complexity index is 696. The van der Waals surface area contributed by atoms with Crippen LogP contribution in [0.3, 0.4) is 0 Å². The van der Waals surface area contributed by atoms with Gasteiger partial charge in [-0.3, -0.25) is 0 Å². The van der Waals surface area contributed by atoms with Crippen LogP contribution in [0.25, 0.3) is 11.0 Å². The Morgan fingerprint density at radius 1 is 1.38 bits per heavy atom. The Balaban J connectivity index is 2.08. The monoisotopic (exact) mass is 304 g/mol. The van der Waals surface area contributed by atoms with Gasteiger partial charge in [-0.15, -0.1) is 0 Å². The number of hydrogen-bond acceptors (Lipinski definition) is 2. The molecule has 0 saturated carbocycles. The molecule has 1 aromatic carbocycles. The van der Waals surface area contributed by atoms with Crippen LogP contribution in [0, 0.1) is 11.7 Å². The molecular formula is C17H24N2OS. The molecule has 21 heavy (non-hydrogen) atoms. The first kappa shape index (κ1) is 14.8. The molecule has 1 atom stereocenters. The van der Waals surface area contributed by atoms with E-state index in [-0.39, 0.29) is 5.60 Å². The molecule has 3 rings (SSSR count). The highest BCUT2D eigenvalue weighted by Gasteiger charge is 2.36. The maximum atomic E-state index is 6.12. The largest absolute Gasteiger partial charge is 0.375 e. The smallest absolute Gasteiger partial charge is 0.178 e. The molecule has 1 saturated heterocycles. The molecule has 1 aliphatic rings. The Labute approximate surface area is 131 Å². The third-order valence-electron chi connectivity index (χ3n) is 5.06. The van der Waals surface area contributed by atoms with Gasteiger partial charge >= 0.3 is 0 Å². The third kappa shape index (κ3) is 2.44. The van der Waals surface area contributed by atoms with Crippen molar-refractivity contribution in [2.75, 3.05) is 6.61 Å². The Hall–Kier alpha value is -1.13. The molecule has 1 aromatic heterocycles. The van der Waals surface area contributed by atoms with Crippen molar-refractivity contribution < 1.29 is 4.74 Å². The first-order valence-electron chi connectivity index (χ1n) is 7.94. The summed E-state index contributed by atoms with van der Waals surface area (Å²) in [5.74, 6) is 0. The van der Waals surface area contributed by atoms with Crippen molar-refractivity contribution in [3.8, 4) is 0 Å². The van der Waals surface area contributed by atoms with Gasteiger partial charge in [-0.2, -0.15) is 0 Å². The number of aryl methyl sites for hydroxylation is 1. The van der Waals surface area contributed by atoms with E-state index in [9.17, 15) is 0 Å². The quantitative estimate of drug-likeness (QED) is 0.816. The van der Waals surface area contributed by atoms with Gasteiger partial charge < -0.3 is 14.3 Å². The summed E-state index contributed by atoms with van der Waals surface area (Å²) in [6.45, 7) is 7.44. The number of aromatic nitrogens is 2. The average molecular weight is 304 g/mol. The fraction of sp³-hybridized carbons (Fsp3) is 0.588. The summed E-state index contributed by atoms with van der Waals surface area (Å²) in [6.07, 6.45) is 4.22. The lowest BCUT2D eigenvalue weighted by molar-refractivity contribution is -0.0983. The van der Waals surface area contributed by atoms with E-state index in [1.165, 1.54) is 11.1 Å². The van der Waals surface area contributed by atoms with Crippen LogP contribution in [-0.2, 0) is 4.74 Å². The molecule has 1 aliphatic heterocycles. The van der Waals surface area contributed by atoms with Crippen LogP contribution in [0.4, 0.5) is 0 Å². The second-order valence-corrected chi connectivity index (χ2v) is 6.54. The van der Waals surface area contributed by atoms with Crippen molar-refractivity contribution >= 4 is 23.3 Å². The normalized spacial score (nSPS) is 21.8. The molecule has 2 aromatic rings.